The Labute approximate surface area is 110 Å². The third-order valence-corrected chi connectivity index (χ3v) is 3.29. The zero-order valence-corrected chi connectivity index (χ0v) is 10.6. The molecule has 96 valence electrons. The van der Waals surface area contributed by atoms with E-state index in [1.54, 1.807) is 16.8 Å². The first kappa shape index (κ1) is 11.9. The number of hydrogen-bond donors (Lipinski definition) is 1. The molecule has 2 heterocycles. The summed E-state index contributed by atoms with van der Waals surface area (Å²) in [5.74, 6) is -0.221. The van der Waals surface area contributed by atoms with Crippen LogP contribution in [0.25, 0.3) is 22.2 Å². The summed E-state index contributed by atoms with van der Waals surface area (Å²) in [6, 6.07) is 8.92. The lowest BCUT2D eigenvalue weighted by molar-refractivity contribution is 0.632. The minimum atomic E-state index is -0.221. The van der Waals surface area contributed by atoms with E-state index in [1.165, 1.54) is 6.07 Å². The first-order valence-electron chi connectivity index (χ1n) is 6.09. The SMILES string of the molecule is Cn1cc(-c2cc(CN)ccn2)c2cccc(F)c21. The molecule has 0 spiro atoms. The van der Waals surface area contributed by atoms with E-state index in [9.17, 15) is 4.39 Å². The molecule has 2 aromatic heterocycles. The number of para-hydroxylation sites is 1. The van der Waals surface area contributed by atoms with Crippen molar-refractivity contribution in [3.63, 3.8) is 0 Å². The third kappa shape index (κ3) is 1.90. The molecule has 0 saturated heterocycles. The minimum Gasteiger partial charge on any atom is -0.347 e. The summed E-state index contributed by atoms with van der Waals surface area (Å²) in [4.78, 5) is 4.36. The number of nitrogens with two attached hydrogens (primary N) is 1. The summed E-state index contributed by atoms with van der Waals surface area (Å²) in [7, 11) is 1.84. The Kier molecular flexibility index (Phi) is 2.80. The van der Waals surface area contributed by atoms with Crippen LogP contribution in [0.4, 0.5) is 4.39 Å². The number of fused-ring (bicyclic) bond motifs is 1. The molecule has 0 saturated carbocycles. The van der Waals surface area contributed by atoms with Gasteiger partial charge in [0.25, 0.3) is 0 Å². The number of aromatic nitrogens is 2. The van der Waals surface area contributed by atoms with Crippen LogP contribution in [-0.2, 0) is 13.6 Å². The van der Waals surface area contributed by atoms with Gasteiger partial charge in [-0.25, -0.2) is 4.39 Å². The van der Waals surface area contributed by atoms with E-state index in [2.05, 4.69) is 4.98 Å². The maximum absolute atomic E-state index is 13.9. The number of pyridine rings is 1. The normalized spacial score (nSPS) is 11.1. The first-order chi connectivity index (χ1) is 9.20. The molecule has 3 aromatic rings. The predicted octanol–water partition coefficient (Wildman–Crippen LogP) is 2.84. The number of rotatable bonds is 2. The number of benzene rings is 1. The quantitative estimate of drug-likeness (QED) is 0.765. The lowest BCUT2D eigenvalue weighted by Gasteiger charge is -2.01. The highest BCUT2D eigenvalue weighted by atomic mass is 19.1. The Bertz CT molecular complexity index is 746. The molecule has 1 aromatic carbocycles. The maximum Gasteiger partial charge on any atom is 0.147 e. The Morgan fingerprint density at radius 1 is 1.32 bits per heavy atom. The second kappa shape index (κ2) is 4.48. The van der Waals surface area contributed by atoms with Gasteiger partial charge in [0.1, 0.15) is 5.82 Å². The standard InChI is InChI=1S/C15H14FN3/c1-19-9-12(11-3-2-4-13(16)15(11)19)14-7-10(8-17)5-6-18-14/h2-7,9H,8,17H2,1H3. The van der Waals surface area contributed by atoms with Crippen molar-refractivity contribution in [2.45, 2.75) is 6.54 Å². The molecule has 0 fully saturated rings. The number of hydrogen-bond acceptors (Lipinski definition) is 2. The molecule has 0 amide bonds. The van der Waals surface area contributed by atoms with E-state index in [1.807, 2.05) is 31.4 Å². The smallest absolute Gasteiger partial charge is 0.147 e. The molecular formula is C15H14FN3. The van der Waals surface area contributed by atoms with Crippen LogP contribution in [0.2, 0.25) is 0 Å². The monoisotopic (exact) mass is 255 g/mol. The largest absolute Gasteiger partial charge is 0.347 e. The number of halogens is 1. The van der Waals surface area contributed by atoms with E-state index >= 15 is 0 Å². The van der Waals surface area contributed by atoms with E-state index < -0.39 is 0 Å². The summed E-state index contributed by atoms with van der Waals surface area (Å²) >= 11 is 0. The van der Waals surface area contributed by atoms with Gasteiger partial charge < -0.3 is 10.3 Å². The summed E-state index contributed by atoms with van der Waals surface area (Å²) in [6.45, 7) is 0.467. The van der Waals surface area contributed by atoms with Crippen LogP contribution in [0.15, 0.2) is 42.7 Å². The van der Waals surface area contributed by atoms with Crippen LogP contribution in [0.5, 0.6) is 0 Å². The van der Waals surface area contributed by atoms with E-state index in [0.29, 0.717) is 12.1 Å². The summed E-state index contributed by atoms with van der Waals surface area (Å²) < 4.78 is 15.6. The first-order valence-corrected chi connectivity index (χ1v) is 6.09. The van der Waals surface area contributed by atoms with Crippen molar-refractivity contribution in [2.75, 3.05) is 0 Å². The van der Waals surface area contributed by atoms with Crippen LogP contribution in [0, 0.1) is 5.82 Å². The lowest BCUT2D eigenvalue weighted by Crippen LogP contribution is -1.96. The predicted molar refractivity (Wildman–Crippen MR) is 74.0 cm³/mol. The van der Waals surface area contributed by atoms with Gasteiger partial charge in [0, 0.05) is 36.9 Å². The highest BCUT2D eigenvalue weighted by Gasteiger charge is 2.12. The molecule has 0 bridgehead atoms. The zero-order valence-electron chi connectivity index (χ0n) is 10.6. The van der Waals surface area contributed by atoms with Crippen molar-refractivity contribution in [2.24, 2.45) is 12.8 Å². The Balaban J connectivity index is 2.28. The van der Waals surface area contributed by atoms with Crippen molar-refractivity contribution in [3.8, 4) is 11.3 Å². The molecular weight excluding hydrogens is 241 g/mol. The van der Waals surface area contributed by atoms with E-state index in [4.69, 9.17) is 5.73 Å². The average molecular weight is 255 g/mol. The van der Waals surface area contributed by atoms with Gasteiger partial charge in [-0.1, -0.05) is 12.1 Å². The molecule has 2 N–H and O–H groups in total. The average Bonchev–Trinajstić information content (AvgIpc) is 2.78. The van der Waals surface area contributed by atoms with Gasteiger partial charge >= 0.3 is 0 Å². The second-order valence-electron chi connectivity index (χ2n) is 4.54. The number of nitrogens with zero attached hydrogens (tertiary/aromatic N) is 2. The molecule has 0 radical (unpaired) electrons. The molecule has 0 aliphatic heterocycles. The molecule has 19 heavy (non-hydrogen) atoms. The molecule has 3 nitrogen and oxygen atoms in total. The van der Waals surface area contributed by atoms with Gasteiger partial charge in [0.15, 0.2) is 0 Å². The van der Waals surface area contributed by atoms with Crippen molar-refractivity contribution in [1.82, 2.24) is 9.55 Å². The van der Waals surface area contributed by atoms with Gasteiger partial charge in [0.2, 0.25) is 0 Å². The van der Waals surface area contributed by atoms with Gasteiger partial charge in [0.05, 0.1) is 11.2 Å². The van der Waals surface area contributed by atoms with Crippen LogP contribution < -0.4 is 5.73 Å². The Morgan fingerprint density at radius 3 is 2.95 bits per heavy atom. The number of aryl methyl sites for hydroxylation is 1. The van der Waals surface area contributed by atoms with Gasteiger partial charge in [-0.2, -0.15) is 0 Å². The lowest BCUT2D eigenvalue weighted by atomic mass is 10.1. The van der Waals surface area contributed by atoms with Crippen molar-refractivity contribution < 1.29 is 4.39 Å². The van der Waals surface area contributed by atoms with Crippen LogP contribution in [0.3, 0.4) is 0 Å². The molecule has 3 rings (SSSR count). The fourth-order valence-corrected chi connectivity index (χ4v) is 2.37. The molecule has 0 atom stereocenters. The Morgan fingerprint density at radius 2 is 2.16 bits per heavy atom. The van der Waals surface area contributed by atoms with Gasteiger partial charge in [-0.05, 0) is 23.8 Å². The molecule has 4 heteroatoms. The maximum atomic E-state index is 13.9. The molecule has 0 aliphatic rings. The minimum absolute atomic E-state index is 0.221. The fourth-order valence-electron chi connectivity index (χ4n) is 2.37. The van der Waals surface area contributed by atoms with E-state index in [0.717, 1.165) is 22.2 Å². The summed E-state index contributed by atoms with van der Waals surface area (Å²) in [5, 5.41) is 0.865. The van der Waals surface area contributed by atoms with Crippen molar-refractivity contribution >= 4 is 10.9 Å². The second-order valence-corrected chi connectivity index (χ2v) is 4.54. The van der Waals surface area contributed by atoms with Crippen molar-refractivity contribution in [1.29, 1.82) is 0 Å². The molecule has 0 unspecified atom stereocenters. The summed E-state index contributed by atoms with van der Waals surface area (Å²) in [6.07, 6.45) is 3.63. The highest BCUT2D eigenvalue weighted by molar-refractivity contribution is 5.95. The fraction of sp³-hybridized carbons (Fsp3) is 0.133. The third-order valence-electron chi connectivity index (χ3n) is 3.29. The summed E-state index contributed by atoms with van der Waals surface area (Å²) in [5.41, 5.74) is 9.00. The van der Waals surface area contributed by atoms with Crippen LogP contribution in [0.1, 0.15) is 5.56 Å². The van der Waals surface area contributed by atoms with E-state index in [-0.39, 0.29) is 5.82 Å². The van der Waals surface area contributed by atoms with Crippen LogP contribution >= 0.6 is 0 Å². The van der Waals surface area contributed by atoms with Gasteiger partial charge in [-0.3, -0.25) is 4.98 Å². The molecule has 0 aliphatic carbocycles. The van der Waals surface area contributed by atoms with Crippen LogP contribution in [-0.4, -0.2) is 9.55 Å². The highest BCUT2D eigenvalue weighted by Crippen LogP contribution is 2.30. The van der Waals surface area contributed by atoms with Crippen molar-refractivity contribution in [3.05, 3.63) is 54.1 Å². The van der Waals surface area contributed by atoms with Gasteiger partial charge in [-0.15, -0.1) is 0 Å². The Hall–Kier alpha value is -2.20. The zero-order chi connectivity index (χ0) is 13.4. The topological polar surface area (TPSA) is 43.8 Å².